The van der Waals surface area contributed by atoms with Crippen molar-refractivity contribution in [3.63, 3.8) is 0 Å². The Kier molecular flexibility index (Phi) is 4.26. The van der Waals surface area contributed by atoms with Gasteiger partial charge in [0.15, 0.2) is 0 Å². The first kappa shape index (κ1) is 13.4. The lowest BCUT2D eigenvalue weighted by atomic mass is 10.3. The van der Waals surface area contributed by atoms with Gasteiger partial charge in [0.05, 0.1) is 11.1 Å². The summed E-state index contributed by atoms with van der Waals surface area (Å²) in [5.74, 6) is -0.693. The molecule has 7 heteroatoms. The largest absolute Gasteiger partial charge is 0.392 e. The van der Waals surface area contributed by atoms with Crippen LogP contribution in [0.3, 0.4) is 0 Å². The summed E-state index contributed by atoms with van der Waals surface area (Å²) in [4.78, 5) is -0.338. The number of nitrogens with one attached hydrogen (secondary N) is 1. The van der Waals surface area contributed by atoms with Crippen LogP contribution in [0, 0.1) is 5.82 Å². The number of aliphatic hydroxyl groups excluding tert-OH is 1. The molecular formula is C9H11ClFNO3S. The molecule has 16 heavy (non-hydrogen) atoms. The first-order valence-electron chi connectivity index (χ1n) is 4.45. The van der Waals surface area contributed by atoms with Crippen molar-refractivity contribution in [2.24, 2.45) is 0 Å². The molecule has 0 fully saturated rings. The third-order valence-corrected chi connectivity index (χ3v) is 3.66. The van der Waals surface area contributed by atoms with Gasteiger partial charge in [-0.3, -0.25) is 0 Å². The smallest absolute Gasteiger partial charge is 0.242 e. The van der Waals surface area contributed by atoms with E-state index in [4.69, 9.17) is 16.7 Å². The molecule has 0 aliphatic heterocycles. The Labute approximate surface area is 98.1 Å². The molecule has 0 aliphatic rings. The van der Waals surface area contributed by atoms with Crippen molar-refractivity contribution in [3.05, 3.63) is 29.0 Å². The topological polar surface area (TPSA) is 66.4 Å². The highest BCUT2D eigenvalue weighted by molar-refractivity contribution is 7.89. The van der Waals surface area contributed by atoms with Crippen molar-refractivity contribution in [2.75, 3.05) is 6.54 Å². The summed E-state index contributed by atoms with van der Waals surface area (Å²) in [5, 5.41) is 8.88. The highest BCUT2D eigenvalue weighted by atomic mass is 35.5. The number of benzene rings is 1. The summed E-state index contributed by atoms with van der Waals surface area (Å²) in [7, 11) is -3.89. The molecule has 2 N–H and O–H groups in total. The van der Waals surface area contributed by atoms with E-state index in [1.165, 1.54) is 6.92 Å². The summed E-state index contributed by atoms with van der Waals surface area (Å²) in [6.07, 6.45) is -0.831. The van der Waals surface area contributed by atoms with Crippen LogP contribution in [0.2, 0.25) is 5.02 Å². The Hall–Kier alpha value is -0.690. The van der Waals surface area contributed by atoms with Crippen molar-refractivity contribution < 1.29 is 17.9 Å². The molecule has 0 saturated heterocycles. The minimum absolute atomic E-state index is 0.0699. The fourth-order valence-corrected chi connectivity index (χ4v) is 2.62. The van der Waals surface area contributed by atoms with E-state index < -0.39 is 21.9 Å². The normalized spacial score (nSPS) is 13.8. The highest BCUT2D eigenvalue weighted by Gasteiger charge is 2.18. The van der Waals surface area contributed by atoms with Gasteiger partial charge in [0, 0.05) is 6.54 Å². The lowest BCUT2D eigenvalue weighted by Gasteiger charge is -2.09. The summed E-state index contributed by atoms with van der Waals surface area (Å²) in [6.45, 7) is 1.27. The molecule has 0 bridgehead atoms. The molecule has 0 aliphatic carbocycles. The molecule has 1 atom stereocenters. The lowest BCUT2D eigenvalue weighted by molar-refractivity contribution is 0.198. The van der Waals surface area contributed by atoms with Gasteiger partial charge in [0.1, 0.15) is 10.7 Å². The minimum Gasteiger partial charge on any atom is -0.392 e. The van der Waals surface area contributed by atoms with Crippen LogP contribution in [0.25, 0.3) is 0 Å². The highest BCUT2D eigenvalue weighted by Crippen LogP contribution is 2.21. The molecule has 0 aromatic heterocycles. The van der Waals surface area contributed by atoms with Gasteiger partial charge in [-0.25, -0.2) is 17.5 Å². The molecule has 0 saturated carbocycles. The second-order valence-corrected chi connectivity index (χ2v) is 5.42. The van der Waals surface area contributed by atoms with Crippen molar-refractivity contribution in [2.45, 2.75) is 17.9 Å². The second kappa shape index (κ2) is 5.09. The number of hydrogen-bond acceptors (Lipinski definition) is 3. The molecule has 1 rings (SSSR count). The average Bonchev–Trinajstić information content (AvgIpc) is 2.19. The molecule has 0 radical (unpaired) electrons. The van der Waals surface area contributed by atoms with E-state index in [1.54, 1.807) is 0 Å². The van der Waals surface area contributed by atoms with Gasteiger partial charge in [-0.05, 0) is 25.1 Å². The van der Waals surface area contributed by atoms with Gasteiger partial charge in [-0.1, -0.05) is 11.6 Å². The van der Waals surface area contributed by atoms with Crippen LogP contribution in [0.4, 0.5) is 4.39 Å². The fraction of sp³-hybridized carbons (Fsp3) is 0.333. The zero-order chi connectivity index (χ0) is 12.3. The van der Waals surface area contributed by atoms with Gasteiger partial charge in [-0.15, -0.1) is 0 Å². The number of sulfonamides is 1. The first-order chi connectivity index (χ1) is 7.33. The summed E-state index contributed by atoms with van der Waals surface area (Å²) in [6, 6.07) is 3.05. The Morgan fingerprint density at radius 1 is 1.56 bits per heavy atom. The van der Waals surface area contributed by atoms with Gasteiger partial charge in [-0.2, -0.15) is 0 Å². The second-order valence-electron chi connectivity index (χ2n) is 3.28. The third-order valence-electron chi connectivity index (χ3n) is 1.75. The van der Waals surface area contributed by atoms with E-state index in [1.807, 2.05) is 0 Å². The predicted octanol–water partition coefficient (Wildman–Crippen LogP) is 1.14. The van der Waals surface area contributed by atoms with Crippen molar-refractivity contribution in [1.82, 2.24) is 4.72 Å². The minimum atomic E-state index is -3.89. The standard InChI is InChI=1S/C9H11ClFNO3S/c1-6(13)5-12-16(14,15)9-4-7(11)2-3-8(9)10/h2-4,6,12-13H,5H2,1H3. The number of hydrogen-bond donors (Lipinski definition) is 2. The monoisotopic (exact) mass is 267 g/mol. The molecule has 0 amide bonds. The molecule has 1 aromatic rings. The van der Waals surface area contributed by atoms with E-state index >= 15 is 0 Å². The number of rotatable bonds is 4. The Bertz CT molecular complexity index is 476. The van der Waals surface area contributed by atoms with Crippen molar-refractivity contribution in [3.8, 4) is 0 Å². The SMILES string of the molecule is CC(O)CNS(=O)(=O)c1cc(F)ccc1Cl. The van der Waals surface area contributed by atoms with E-state index in [2.05, 4.69) is 4.72 Å². The van der Waals surface area contributed by atoms with Crippen LogP contribution < -0.4 is 4.72 Å². The van der Waals surface area contributed by atoms with E-state index in [0.29, 0.717) is 0 Å². The Balaban J connectivity index is 3.02. The fourth-order valence-electron chi connectivity index (χ4n) is 0.991. The molecule has 90 valence electrons. The van der Waals surface area contributed by atoms with Crippen LogP contribution >= 0.6 is 11.6 Å². The van der Waals surface area contributed by atoms with Crippen LogP contribution in [0.15, 0.2) is 23.1 Å². The van der Waals surface area contributed by atoms with Gasteiger partial charge in [0.2, 0.25) is 10.0 Å². The van der Waals surface area contributed by atoms with Crippen molar-refractivity contribution >= 4 is 21.6 Å². The van der Waals surface area contributed by atoms with Crippen LogP contribution in [-0.2, 0) is 10.0 Å². The van der Waals surface area contributed by atoms with E-state index in [9.17, 15) is 12.8 Å². The van der Waals surface area contributed by atoms with E-state index in [-0.39, 0.29) is 16.5 Å². The molecule has 4 nitrogen and oxygen atoms in total. The molecule has 0 heterocycles. The quantitative estimate of drug-likeness (QED) is 0.860. The molecule has 1 unspecified atom stereocenters. The lowest BCUT2D eigenvalue weighted by Crippen LogP contribution is -2.30. The zero-order valence-electron chi connectivity index (χ0n) is 8.44. The maximum atomic E-state index is 12.9. The Morgan fingerprint density at radius 2 is 2.19 bits per heavy atom. The predicted molar refractivity (Wildman–Crippen MR) is 58.3 cm³/mol. The Morgan fingerprint density at radius 3 is 2.75 bits per heavy atom. The maximum absolute atomic E-state index is 12.9. The first-order valence-corrected chi connectivity index (χ1v) is 6.32. The van der Waals surface area contributed by atoms with Crippen LogP contribution in [0.5, 0.6) is 0 Å². The number of halogens is 2. The van der Waals surface area contributed by atoms with Gasteiger partial charge >= 0.3 is 0 Å². The molecule has 0 spiro atoms. The van der Waals surface area contributed by atoms with Crippen molar-refractivity contribution in [1.29, 1.82) is 0 Å². The average molecular weight is 268 g/mol. The van der Waals surface area contributed by atoms with Gasteiger partial charge in [0.25, 0.3) is 0 Å². The zero-order valence-corrected chi connectivity index (χ0v) is 10.0. The van der Waals surface area contributed by atoms with Crippen LogP contribution in [0.1, 0.15) is 6.92 Å². The summed E-state index contributed by atoms with van der Waals surface area (Å²) in [5.41, 5.74) is 0. The number of aliphatic hydroxyl groups is 1. The third kappa shape index (κ3) is 3.41. The molecular weight excluding hydrogens is 257 g/mol. The molecule has 1 aromatic carbocycles. The van der Waals surface area contributed by atoms with Gasteiger partial charge < -0.3 is 5.11 Å². The maximum Gasteiger partial charge on any atom is 0.242 e. The van der Waals surface area contributed by atoms with Crippen LogP contribution in [-0.4, -0.2) is 26.2 Å². The summed E-state index contributed by atoms with van der Waals surface area (Å²) < 4.78 is 38.3. The summed E-state index contributed by atoms with van der Waals surface area (Å²) >= 11 is 5.65. The van der Waals surface area contributed by atoms with E-state index in [0.717, 1.165) is 18.2 Å².